The van der Waals surface area contributed by atoms with E-state index in [1.807, 2.05) is 0 Å². The van der Waals surface area contributed by atoms with Crippen molar-refractivity contribution >= 4 is 0 Å². The minimum absolute atomic E-state index is 0.224. The van der Waals surface area contributed by atoms with Gasteiger partial charge in [-0.05, 0) is 37.5 Å². The second kappa shape index (κ2) is 5.50. The van der Waals surface area contributed by atoms with Gasteiger partial charge in [0.25, 0.3) is 0 Å². The van der Waals surface area contributed by atoms with Crippen LogP contribution >= 0.6 is 0 Å². The number of aliphatic hydroxyl groups is 2. The number of rotatable bonds is 5. The quantitative estimate of drug-likeness (QED) is 0.759. The molecule has 0 spiro atoms. The van der Waals surface area contributed by atoms with E-state index in [0.29, 0.717) is 11.8 Å². The van der Waals surface area contributed by atoms with Crippen molar-refractivity contribution in [2.75, 3.05) is 0 Å². The molecule has 1 aliphatic rings. The summed E-state index contributed by atoms with van der Waals surface area (Å²) < 4.78 is 0. The summed E-state index contributed by atoms with van der Waals surface area (Å²) in [5, 5.41) is 20.6. The van der Waals surface area contributed by atoms with E-state index in [0.717, 1.165) is 32.1 Å². The lowest BCUT2D eigenvalue weighted by Crippen LogP contribution is -2.43. The number of hydrogen-bond acceptors (Lipinski definition) is 2. The molecule has 1 rings (SSSR count). The molecule has 16 heavy (non-hydrogen) atoms. The van der Waals surface area contributed by atoms with Crippen molar-refractivity contribution in [1.82, 2.24) is 0 Å². The fraction of sp³-hybridized carbons (Fsp3) is 1.00. The van der Waals surface area contributed by atoms with Crippen molar-refractivity contribution in [3.05, 3.63) is 0 Å². The average molecular weight is 228 g/mol. The molecule has 3 atom stereocenters. The molecule has 0 aromatic heterocycles. The van der Waals surface area contributed by atoms with Gasteiger partial charge in [0.15, 0.2) is 0 Å². The third kappa shape index (κ3) is 2.98. The summed E-state index contributed by atoms with van der Waals surface area (Å²) in [6, 6.07) is 0. The van der Waals surface area contributed by atoms with Crippen molar-refractivity contribution in [2.24, 2.45) is 17.3 Å². The van der Waals surface area contributed by atoms with E-state index in [1.165, 1.54) is 0 Å². The lowest BCUT2D eigenvalue weighted by Gasteiger charge is -2.39. The maximum absolute atomic E-state index is 10.4. The number of hydrogen-bond donors (Lipinski definition) is 2. The van der Waals surface area contributed by atoms with Crippen LogP contribution in [0.25, 0.3) is 0 Å². The Bertz CT molecular complexity index is 213. The van der Waals surface area contributed by atoms with Crippen LogP contribution in [-0.4, -0.2) is 22.4 Å². The highest BCUT2D eigenvalue weighted by molar-refractivity contribution is 4.97. The van der Waals surface area contributed by atoms with Crippen LogP contribution < -0.4 is 0 Å². The van der Waals surface area contributed by atoms with E-state index in [4.69, 9.17) is 0 Å². The monoisotopic (exact) mass is 228 g/mol. The van der Waals surface area contributed by atoms with Crippen LogP contribution in [0.1, 0.15) is 59.8 Å². The minimum atomic E-state index is -0.340. The van der Waals surface area contributed by atoms with Crippen molar-refractivity contribution < 1.29 is 10.2 Å². The first-order chi connectivity index (χ1) is 7.38. The SMILES string of the molecule is CC(C)CC(O)[C@@]1(CC(C)C)CCC[C@H]1O. The Morgan fingerprint density at radius 3 is 2.19 bits per heavy atom. The second-order valence-corrected chi connectivity index (χ2v) is 6.38. The largest absolute Gasteiger partial charge is 0.392 e. The van der Waals surface area contributed by atoms with Gasteiger partial charge in [0, 0.05) is 5.41 Å². The highest BCUT2D eigenvalue weighted by atomic mass is 16.3. The molecule has 0 heterocycles. The second-order valence-electron chi connectivity index (χ2n) is 6.38. The molecule has 1 saturated carbocycles. The summed E-state index contributed by atoms with van der Waals surface area (Å²) in [5.41, 5.74) is -0.224. The molecular formula is C14H28O2. The average Bonchev–Trinajstić information content (AvgIpc) is 2.46. The molecule has 0 aliphatic heterocycles. The Morgan fingerprint density at radius 2 is 1.81 bits per heavy atom. The van der Waals surface area contributed by atoms with Gasteiger partial charge in [-0.15, -0.1) is 0 Å². The normalized spacial score (nSPS) is 32.6. The zero-order chi connectivity index (χ0) is 12.3. The van der Waals surface area contributed by atoms with Gasteiger partial charge in [-0.3, -0.25) is 0 Å². The Hall–Kier alpha value is -0.0800. The zero-order valence-electron chi connectivity index (χ0n) is 11.2. The Kier molecular flexibility index (Phi) is 4.81. The maximum atomic E-state index is 10.4. The summed E-state index contributed by atoms with van der Waals surface area (Å²) in [4.78, 5) is 0. The van der Waals surface area contributed by atoms with Crippen LogP contribution in [0.2, 0.25) is 0 Å². The summed E-state index contributed by atoms with van der Waals surface area (Å²) in [6.07, 6.45) is 4.02. The fourth-order valence-corrected chi connectivity index (χ4v) is 3.28. The highest BCUT2D eigenvalue weighted by Gasteiger charge is 2.47. The molecule has 2 nitrogen and oxygen atoms in total. The van der Waals surface area contributed by atoms with Crippen LogP contribution in [0, 0.1) is 17.3 Å². The molecule has 0 saturated heterocycles. The van der Waals surface area contributed by atoms with Crippen LogP contribution in [0.3, 0.4) is 0 Å². The van der Waals surface area contributed by atoms with Crippen molar-refractivity contribution in [3.8, 4) is 0 Å². The van der Waals surface area contributed by atoms with E-state index in [9.17, 15) is 10.2 Å². The van der Waals surface area contributed by atoms with Gasteiger partial charge in [0.1, 0.15) is 0 Å². The molecule has 0 amide bonds. The molecule has 0 bridgehead atoms. The van der Waals surface area contributed by atoms with Crippen molar-refractivity contribution in [3.63, 3.8) is 0 Å². The van der Waals surface area contributed by atoms with Crippen LogP contribution in [-0.2, 0) is 0 Å². The van der Waals surface area contributed by atoms with E-state index in [2.05, 4.69) is 27.7 Å². The topological polar surface area (TPSA) is 40.5 Å². The summed E-state index contributed by atoms with van der Waals surface area (Å²) >= 11 is 0. The molecule has 2 N–H and O–H groups in total. The van der Waals surface area contributed by atoms with Gasteiger partial charge < -0.3 is 10.2 Å². The fourth-order valence-electron chi connectivity index (χ4n) is 3.28. The van der Waals surface area contributed by atoms with Gasteiger partial charge >= 0.3 is 0 Å². The first-order valence-electron chi connectivity index (χ1n) is 6.74. The smallest absolute Gasteiger partial charge is 0.0623 e. The molecule has 0 aromatic rings. The summed E-state index contributed by atoms with van der Waals surface area (Å²) in [6.45, 7) is 8.62. The summed E-state index contributed by atoms with van der Waals surface area (Å²) in [7, 11) is 0. The number of aliphatic hydroxyl groups excluding tert-OH is 2. The van der Waals surface area contributed by atoms with Crippen molar-refractivity contribution in [2.45, 2.75) is 72.0 Å². The maximum Gasteiger partial charge on any atom is 0.0623 e. The third-order valence-corrected chi connectivity index (χ3v) is 3.93. The van der Waals surface area contributed by atoms with Gasteiger partial charge in [0.05, 0.1) is 12.2 Å². The van der Waals surface area contributed by atoms with E-state index in [-0.39, 0.29) is 17.6 Å². The van der Waals surface area contributed by atoms with Gasteiger partial charge in [-0.2, -0.15) is 0 Å². The Morgan fingerprint density at radius 1 is 1.19 bits per heavy atom. The first-order valence-corrected chi connectivity index (χ1v) is 6.74. The lowest BCUT2D eigenvalue weighted by molar-refractivity contribution is -0.0713. The molecule has 2 heteroatoms. The Balaban J connectivity index is 2.77. The van der Waals surface area contributed by atoms with Crippen LogP contribution in [0.15, 0.2) is 0 Å². The predicted molar refractivity (Wildman–Crippen MR) is 67.2 cm³/mol. The zero-order valence-corrected chi connectivity index (χ0v) is 11.2. The van der Waals surface area contributed by atoms with Crippen LogP contribution in [0.4, 0.5) is 0 Å². The summed E-state index contributed by atoms with van der Waals surface area (Å²) in [5.74, 6) is 1.03. The molecule has 0 radical (unpaired) electrons. The van der Waals surface area contributed by atoms with Crippen molar-refractivity contribution in [1.29, 1.82) is 0 Å². The molecule has 0 aromatic carbocycles. The predicted octanol–water partition coefficient (Wildman–Crippen LogP) is 2.97. The third-order valence-electron chi connectivity index (χ3n) is 3.93. The standard InChI is InChI=1S/C14H28O2/c1-10(2)8-13(16)14(9-11(3)4)7-5-6-12(14)15/h10-13,15-16H,5-9H2,1-4H3/t12-,13?,14-/m1/s1. The minimum Gasteiger partial charge on any atom is -0.392 e. The molecular weight excluding hydrogens is 200 g/mol. The Labute approximate surface area is 100 Å². The molecule has 96 valence electrons. The van der Waals surface area contributed by atoms with Crippen LogP contribution in [0.5, 0.6) is 0 Å². The first kappa shape index (κ1) is 14.0. The molecule has 1 fully saturated rings. The van der Waals surface area contributed by atoms with Gasteiger partial charge in [-0.25, -0.2) is 0 Å². The molecule has 1 unspecified atom stereocenters. The van der Waals surface area contributed by atoms with Gasteiger partial charge in [-0.1, -0.05) is 34.1 Å². The van der Waals surface area contributed by atoms with Gasteiger partial charge in [0.2, 0.25) is 0 Å². The van der Waals surface area contributed by atoms with E-state index >= 15 is 0 Å². The highest BCUT2D eigenvalue weighted by Crippen LogP contribution is 2.47. The lowest BCUT2D eigenvalue weighted by atomic mass is 9.70. The molecule has 1 aliphatic carbocycles. The van der Waals surface area contributed by atoms with E-state index < -0.39 is 0 Å². The van der Waals surface area contributed by atoms with E-state index in [1.54, 1.807) is 0 Å².